The molecular formula is C19H18N2O7. The van der Waals surface area contributed by atoms with Crippen LogP contribution in [-0.4, -0.2) is 35.3 Å². The number of benzene rings is 2. The second-order valence-electron chi connectivity index (χ2n) is 5.80. The Morgan fingerprint density at radius 1 is 1.14 bits per heavy atom. The van der Waals surface area contributed by atoms with Crippen molar-refractivity contribution < 1.29 is 28.8 Å². The van der Waals surface area contributed by atoms with Crippen LogP contribution in [0.25, 0.3) is 0 Å². The number of nitrogens with zero attached hydrogens (tertiary/aromatic N) is 1. The van der Waals surface area contributed by atoms with Gasteiger partial charge in [0.1, 0.15) is 5.75 Å². The van der Waals surface area contributed by atoms with E-state index in [0.717, 1.165) is 0 Å². The summed E-state index contributed by atoms with van der Waals surface area (Å²) in [5, 5.41) is 13.1. The van der Waals surface area contributed by atoms with Gasteiger partial charge in [0, 0.05) is 23.4 Å². The number of carbonyl (C=O) groups excluding carboxylic acids is 3. The molecule has 28 heavy (non-hydrogen) atoms. The number of hydrogen-bond acceptors (Lipinski definition) is 7. The molecule has 0 bridgehead atoms. The zero-order valence-corrected chi connectivity index (χ0v) is 15.2. The van der Waals surface area contributed by atoms with Gasteiger partial charge in [-0.25, -0.2) is 4.79 Å². The molecule has 2 rings (SSSR count). The first-order valence-corrected chi connectivity index (χ1v) is 8.25. The lowest BCUT2D eigenvalue weighted by Gasteiger charge is -2.14. The van der Waals surface area contributed by atoms with Crippen molar-refractivity contribution in [2.45, 2.75) is 20.0 Å². The molecule has 9 nitrogen and oxygen atoms in total. The fourth-order valence-electron chi connectivity index (χ4n) is 2.15. The molecule has 0 saturated heterocycles. The SMILES string of the molecule is CC(=O)c1cccc(NC(=O)[C@H](C)OC(=O)COc2ccc([N+](=O)[O-])cc2)c1. The Morgan fingerprint density at radius 2 is 1.82 bits per heavy atom. The molecule has 146 valence electrons. The Labute approximate surface area is 160 Å². The van der Waals surface area contributed by atoms with Crippen molar-refractivity contribution in [3.63, 3.8) is 0 Å². The van der Waals surface area contributed by atoms with E-state index in [9.17, 15) is 24.5 Å². The lowest BCUT2D eigenvalue weighted by molar-refractivity contribution is -0.384. The molecule has 0 aliphatic rings. The molecule has 0 spiro atoms. The van der Waals surface area contributed by atoms with Crippen LogP contribution in [0, 0.1) is 10.1 Å². The van der Waals surface area contributed by atoms with E-state index in [1.165, 1.54) is 44.2 Å². The summed E-state index contributed by atoms with van der Waals surface area (Å²) in [5.74, 6) is -1.23. The fourth-order valence-corrected chi connectivity index (χ4v) is 2.15. The van der Waals surface area contributed by atoms with Gasteiger partial charge in [0.25, 0.3) is 11.6 Å². The maximum atomic E-state index is 12.1. The number of hydrogen-bond donors (Lipinski definition) is 1. The van der Waals surface area contributed by atoms with Gasteiger partial charge in [-0.2, -0.15) is 0 Å². The number of nitrogens with one attached hydrogen (secondary N) is 1. The molecule has 1 amide bonds. The van der Waals surface area contributed by atoms with Gasteiger partial charge in [0.2, 0.25) is 0 Å². The summed E-state index contributed by atoms with van der Waals surface area (Å²) in [6.45, 7) is 2.35. The predicted molar refractivity (Wildman–Crippen MR) is 99.2 cm³/mol. The van der Waals surface area contributed by atoms with E-state index in [0.29, 0.717) is 11.3 Å². The fraction of sp³-hybridized carbons (Fsp3) is 0.211. The molecule has 1 N–H and O–H groups in total. The van der Waals surface area contributed by atoms with Crippen LogP contribution in [0.2, 0.25) is 0 Å². The number of non-ortho nitro benzene ring substituents is 1. The Morgan fingerprint density at radius 3 is 2.43 bits per heavy atom. The number of nitro groups is 1. The van der Waals surface area contributed by atoms with Crippen molar-refractivity contribution in [2.75, 3.05) is 11.9 Å². The summed E-state index contributed by atoms with van der Waals surface area (Å²) in [6, 6.07) is 11.6. The first-order chi connectivity index (χ1) is 13.3. The Hall–Kier alpha value is -3.75. The van der Waals surface area contributed by atoms with Crippen LogP contribution in [-0.2, 0) is 14.3 Å². The molecule has 0 heterocycles. The number of esters is 1. The molecule has 2 aromatic carbocycles. The van der Waals surface area contributed by atoms with Crippen molar-refractivity contribution in [3.05, 3.63) is 64.2 Å². The molecule has 9 heteroatoms. The average molecular weight is 386 g/mol. The van der Waals surface area contributed by atoms with Crippen molar-refractivity contribution in [1.29, 1.82) is 0 Å². The largest absolute Gasteiger partial charge is 0.482 e. The van der Waals surface area contributed by atoms with Crippen LogP contribution in [0.15, 0.2) is 48.5 Å². The molecule has 0 unspecified atom stereocenters. The number of ketones is 1. The summed E-state index contributed by atoms with van der Waals surface area (Å²) >= 11 is 0. The molecule has 0 aromatic heterocycles. The minimum absolute atomic E-state index is 0.103. The number of ether oxygens (including phenoxy) is 2. The number of Topliss-reactive ketones (excluding diaryl/α,β-unsaturated/α-hetero) is 1. The number of anilines is 1. The quantitative estimate of drug-likeness (QED) is 0.320. The summed E-state index contributed by atoms with van der Waals surface area (Å²) in [4.78, 5) is 45.4. The Balaban J connectivity index is 1.84. The molecule has 0 aliphatic carbocycles. The smallest absolute Gasteiger partial charge is 0.344 e. The monoisotopic (exact) mass is 386 g/mol. The molecule has 0 radical (unpaired) electrons. The van der Waals surface area contributed by atoms with E-state index in [4.69, 9.17) is 9.47 Å². The Bertz CT molecular complexity index is 893. The molecule has 1 atom stereocenters. The van der Waals surface area contributed by atoms with Gasteiger partial charge in [0.05, 0.1) is 4.92 Å². The van der Waals surface area contributed by atoms with Crippen LogP contribution >= 0.6 is 0 Å². The predicted octanol–water partition coefficient (Wildman–Crippen LogP) is 2.75. The highest BCUT2D eigenvalue weighted by Gasteiger charge is 2.18. The third-order valence-corrected chi connectivity index (χ3v) is 3.62. The topological polar surface area (TPSA) is 125 Å². The first-order valence-electron chi connectivity index (χ1n) is 8.25. The second kappa shape index (κ2) is 9.26. The zero-order chi connectivity index (χ0) is 20.7. The highest BCUT2D eigenvalue weighted by Crippen LogP contribution is 2.17. The standard InChI is InChI=1S/C19H18N2O7/c1-12(22)14-4-3-5-15(10-14)20-19(24)13(2)28-18(23)11-27-17-8-6-16(7-9-17)21(25)26/h3-10,13H,11H2,1-2H3,(H,20,24)/t13-/m0/s1. The van der Waals surface area contributed by atoms with E-state index in [2.05, 4.69) is 5.32 Å². The minimum atomic E-state index is -1.09. The van der Waals surface area contributed by atoms with Gasteiger partial charge in [0.15, 0.2) is 18.5 Å². The Kier molecular flexibility index (Phi) is 6.80. The van der Waals surface area contributed by atoms with Gasteiger partial charge >= 0.3 is 5.97 Å². The normalized spacial score (nSPS) is 11.2. The van der Waals surface area contributed by atoms with E-state index >= 15 is 0 Å². The maximum absolute atomic E-state index is 12.1. The summed E-state index contributed by atoms with van der Waals surface area (Å²) in [7, 11) is 0. The summed E-state index contributed by atoms with van der Waals surface area (Å²) in [5.41, 5.74) is 0.746. The number of nitro benzene ring substituents is 1. The third-order valence-electron chi connectivity index (χ3n) is 3.62. The first kappa shape index (κ1) is 20.6. The van der Waals surface area contributed by atoms with Gasteiger partial charge in [-0.05, 0) is 38.1 Å². The second-order valence-corrected chi connectivity index (χ2v) is 5.80. The molecule has 2 aromatic rings. The average Bonchev–Trinajstić information content (AvgIpc) is 2.66. The van der Waals surface area contributed by atoms with Crippen LogP contribution < -0.4 is 10.1 Å². The van der Waals surface area contributed by atoms with Crippen molar-refractivity contribution in [2.24, 2.45) is 0 Å². The van der Waals surface area contributed by atoms with Crippen LogP contribution in [0.4, 0.5) is 11.4 Å². The van der Waals surface area contributed by atoms with Crippen molar-refractivity contribution >= 4 is 29.0 Å². The van der Waals surface area contributed by atoms with E-state index < -0.39 is 29.5 Å². The molecule has 0 aliphatic heterocycles. The van der Waals surface area contributed by atoms with E-state index in [1.807, 2.05) is 0 Å². The van der Waals surface area contributed by atoms with Crippen molar-refractivity contribution in [3.8, 4) is 5.75 Å². The van der Waals surface area contributed by atoms with Crippen molar-refractivity contribution in [1.82, 2.24) is 0 Å². The molecule has 0 fully saturated rings. The number of rotatable bonds is 8. The lowest BCUT2D eigenvalue weighted by Crippen LogP contribution is -2.31. The van der Waals surface area contributed by atoms with E-state index in [-0.39, 0.29) is 17.2 Å². The van der Waals surface area contributed by atoms with Gasteiger partial charge in [-0.15, -0.1) is 0 Å². The highest BCUT2D eigenvalue weighted by atomic mass is 16.6. The summed E-state index contributed by atoms with van der Waals surface area (Å²) in [6.07, 6.45) is -1.09. The third kappa shape index (κ3) is 5.90. The number of carbonyl (C=O) groups is 3. The maximum Gasteiger partial charge on any atom is 0.344 e. The lowest BCUT2D eigenvalue weighted by atomic mass is 10.1. The minimum Gasteiger partial charge on any atom is -0.482 e. The molecular weight excluding hydrogens is 368 g/mol. The molecule has 0 saturated carbocycles. The van der Waals surface area contributed by atoms with Crippen LogP contribution in [0.1, 0.15) is 24.2 Å². The summed E-state index contributed by atoms with van der Waals surface area (Å²) < 4.78 is 10.2. The van der Waals surface area contributed by atoms with Gasteiger partial charge in [-0.3, -0.25) is 19.7 Å². The van der Waals surface area contributed by atoms with Crippen LogP contribution in [0.5, 0.6) is 5.75 Å². The highest BCUT2D eigenvalue weighted by molar-refractivity contribution is 5.98. The number of amides is 1. The van der Waals surface area contributed by atoms with E-state index in [1.54, 1.807) is 18.2 Å². The van der Waals surface area contributed by atoms with Gasteiger partial charge < -0.3 is 14.8 Å². The van der Waals surface area contributed by atoms with Gasteiger partial charge in [-0.1, -0.05) is 12.1 Å². The van der Waals surface area contributed by atoms with Crippen LogP contribution in [0.3, 0.4) is 0 Å². The zero-order valence-electron chi connectivity index (χ0n) is 15.2.